The molecule has 0 unspecified atom stereocenters. The highest BCUT2D eigenvalue weighted by atomic mass is 16.7. The molecular formula is C25H25N3O5. The maximum absolute atomic E-state index is 12.4. The van der Waals surface area contributed by atoms with Gasteiger partial charge in [-0.3, -0.25) is 10.2 Å². The van der Waals surface area contributed by atoms with Crippen LogP contribution in [-0.4, -0.2) is 43.0 Å². The van der Waals surface area contributed by atoms with E-state index in [0.29, 0.717) is 41.9 Å². The first-order chi connectivity index (χ1) is 15.9. The van der Waals surface area contributed by atoms with Crippen molar-refractivity contribution in [1.29, 1.82) is 5.41 Å². The third kappa shape index (κ3) is 4.59. The van der Waals surface area contributed by atoms with Crippen LogP contribution in [0.3, 0.4) is 0 Å². The molecule has 4 rings (SSSR count). The van der Waals surface area contributed by atoms with Gasteiger partial charge in [0, 0.05) is 6.08 Å². The van der Waals surface area contributed by atoms with Gasteiger partial charge in [-0.1, -0.05) is 24.3 Å². The topological polar surface area (TPSA) is 93.4 Å². The number of fused-ring (bicyclic) bond motifs is 1. The van der Waals surface area contributed by atoms with E-state index >= 15 is 0 Å². The Morgan fingerprint density at radius 1 is 1.06 bits per heavy atom. The summed E-state index contributed by atoms with van der Waals surface area (Å²) in [6, 6.07) is 11.3. The minimum absolute atomic E-state index is 0.0685. The molecule has 170 valence electrons. The normalized spacial score (nSPS) is 16.2. The molecule has 0 saturated heterocycles. The highest BCUT2D eigenvalue weighted by Gasteiger charge is 2.34. The van der Waals surface area contributed by atoms with Gasteiger partial charge in [-0.25, -0.2) is 0 Å². The Morgan fingerprint density at radius 2 is 1.79 bits per heavy atom. The number of para-hydroxylation sites is 1. The SMILES string of the molecule is COc1cc(/C=C2\C(=N)N3OC(C)=CC3=NC2=O)ccc1OCCOc1c(C)cccc1C. The van der Waals surface area contributed by atoms with Crippen LogP contribution in [0.25, 0.3) is 6.08 Å². The predicted molar refractivity (Wildman–Crippen MR) is 125 cm³/mol. The van der Waals surface area contributed by atoms with Gasteiger partial charge in [-0.2, -0.15) is 4.99 Å². The Hall–Kier alpha value is -4.07. The van der Waals surface area contributed by atoms with Gasteiger partial charge >= 0.3 is 0 Å². The van der Waals surface area contributed by atoms with Gasteiger partial charge in [0.05, 0.1) is 12.7 Å². The zero-order valence-electron chi connectivity index (χ0n) is 19.0. The molecule has 2 aliphatic heterocycles. The van der Waals surface area contributed by atoms with Crippen molar-refractivity contribution < 1.29 is 23.8 Å². The first-order valence-electron chi connectivity index (χ1n) is 10.5. The van der Waals surface area contributed by atoms with Crippen LogP contribution >= 0.6 is 0 Å². The van der Waals surface area contributed by atoms with Crippen LogP contribution in [0.4, 0.5) is 0 Å². The number of benzene rings is 2. The Labute approximate surface area is 192 Å². The predicted octanol–water partition coefficient (Wildman–Crippen LogP) is 4.22. The molecule has 33 heavy (non-hydrogen) atoms. The first kappa shape index (κ1) is 22.1. The maximum Gasteiger partial charge on any atom is 0.282 e. The summed E-state index contributed by atoms with van der Waals surface area (Å²) >= 11 is 0. The zero-order valence-corrected chi connectivity index (χ0v) is 19.0. The molecule has 8 heteroatoms. The molecule has 2 heterocycles. The van der Waals surface area contributed by atoms with E-state index in [4.69, 9.17) is 24.5 Å². The summed E-state index contributed by atoms with van der Waals surface area (Å²) in [6.45, 7) is 6.48. The van der Waals surface area contributed by atoms with E-state index < -0.39 is 5.91 Å². The van der Waals surface area contributed by atoms with E-state index in [2.05, 4.69) is 4.99 Å². The van der Waals surface area contributed by atoms with Crippen molar-refractivity contribution in [2.75, 3.05) is 20.3 Å². The summed E-state index contributed by atoms with van der Waals surface area (Å²) in [7, 11) is 1.54. The summed E-state index contributed by atoms with van der Waals surface area (Å²) in [5.41, 5.74) is 2.95. The fourth-order valence-corrected chi connectivity index (χ4v) is 3.58. The molecule has 0 radical (unpaired) electrons. The van der Waals surface area contributed by atoms with E-state index in [1.54, 1.807) is 44.4 Å². The first-order valence-corrected chi connectivity index (χ1v) is 10.5. The highest BCUT2D eigenvalue weighted by Crippen LogP contribution is 2.30. The number of amidine groups is 2. The van der Waals surface area contributed by atoms with Crippen LogP contribution in [0.5, 0.6) is 17.2 Å². The average Bonchev–Trinajstić information content (AvgIpc) is 3.16. The smallest absolute Gasteiger partial charge is 0.282 e. The maximum atomic E-state index is 12.4. The van der Waals surface area contributed by atoms with Crippen LogP contribution in [-0.2, 0) is 9.63 Å². The number of allylic oxidation sites excluding steroid dienone is 1. The van der Waals surface area contributed by atoms with Gasteiger partial charge in [0.2, 0.25) is 0 Å². The number of aryl methyl sites for hydroxylation is 2. The molecular weight excluding hydrogens is 422 g/mol. The third-order valence-corrected chi connectivity index (χ3v) is 5.18. The van der Waals surface area contributed by atoms with E-state index in [1.165, 1.54) is 5.06 Å². The lowest BCUT2D eigenvalue weighted by atomic mass is 10.1. The summed E-state index contributed by atoms with van der Waals surface area (Å²) < 4.78 is 17.2. The molecule has 2 aliphatic rings. The van der Waals surface area contributed by atoms with Gasteiger partial charge in [0.1, 0.15) is 24.7 Å². The monoisotopic (exact) mass is 447 g/mol. The molecule has 2 aromatic carbocycles. The van der Waals surface area contributed by atoms with Gasteiger partial charge < -0.3 is 19.0 Å². The van der Waals surface area contributed by atoms with Crippen molar-refractivity contribution in [2.24, 2.45) is 4.99 Å². The van der Waals surface area contributed by atoms with E-state index in [9.17, 15) is 4.79 Å². The van der Waals surface area contributed by atoms with Crippen LogP contribution in [0, 0.1) is 19.3 Å². The minimum atomic E-state index is -0.497. The van der Waals surface area contributed by atoms with Crippen molar-refractivity contribution in [1.82, 2.24) is 5.06 Å². The molecule has 0 aliphatic carbocycles. The number of carbonyl (C=O) groups excluding carboxylic acids is 1. The number of ether oxygens (including phenoxy) is 3. The second kappa shape index (κ2) is 9.20. The second-order valence-corrected chi connectivity index (χ2v) is 7.65. The number of nitrogens with one attached hydrogen (secondary N) is 1. The number of hydrogen-bond acceptors (Lipinski definition) is 6. The van der Waals surface area contributed by atoms with Crippen molar-refractivity contribution in [3.63, 3.8) is 0 Å². The minimum Gasteiger partial charge on any atom is -0.493 e. The Morgan fingerprint density at radius 3 is 2.52 bits per heavy atom. The molecule has 0 saturated carbocycles. The molecule has 1 amide bonds. The Bertz CT molecular complexity index is 1190. The number of carbonyl (C=O) groups is 1. The lowest BCUT2D eigenvalue weighted by molar-refractivity contribution is -0.114. The fourth-order valence-electron chi connectivity index (χ4n) is 3.58. The molecule has 0 atom stereocenters. The zero-order chi connectivity index (χ0) is 23.5. The summed E-state index contributed by atoms with van der Waals surface area (Å²) in [5, 5.41) is 9.55. The van der Waals surface area contributed by atoms with Crippen LogP contribution in [0.1, 0.15) is 23.6 Å². The van der Waals surface area contributed by atoms with E-state index in [0.717, 1.165) is 16.9 Å². The van der Waals surface area contributed by atoms with E-state index in [-0.39, 0.29) is 11.4 Å². The standard InChI is InChI=1S/C25H25N3O5/c1-15-6-5-7-16(2)23(15)32-11-10-31-20-9-8-18(14-21(20)30-4)13-19-24(26)28-22(27-25(19)29)12-17(3)33-28/h5-9,12-14,26H,10-11H2,1-4H3/b19-13+,26-24?. The van der Waals surface area contributed by atoms with Crippen molar-refractivity contribution in [3.05, 3.63) is 70.5 Å². The van der Waals surface area contributed by atoms with Crippen LogP contribution in [0.2, 0.25) is 0 Å². The molecule has 0 fully saturated rings. The van der Waals surface area contributed by atoms with E-state index in [1.807, 2.05) is 32.0 Å². The molecule has 2 aromatic rings. The molecule has 8 nitrogen and oxygen atoms in total. The van der Waals surface area contributed by atoms with Crippen molar-refractivity contribution in [3.8, 4) is 17.2 Å². The summed E-state index contributed by atoms with van der Waals surface area (Å²) in [5.74, 6) is 2.24. The average molecular weight is 447 g/mol. The molecule has 0 aromatic heterocycles. The number of methoxy groups -OCH3 is 1. The highest BCUT2D eigenvalue weighted by molar-refractivity contribution is 6.32. The number of rotatable bonds is 7. The second-order valence-electron chi connectivity index (χ2n) is 7.65. The van der Waals surface area contributed by atoms with Gasteiger partial charge in [-0.05, 0) is 55.7 Å². The molecule has 0 spiro atoms. The number of hydrogen-bond donors (Lipinski definition) is 1. The Balaban J connectivity index is 1.44. The lowest BCUT2D eigenvalue weighted by Gasteiger charge is -2.23. The lowest BCUT2D eigenvalue weighted by Crippen LogP contribution is -2.38. The quantitative estimate of drug-likeness (QED) is 0.505. The molecule has 0 bridgehead atoms. The third-order valence-electron chi connectivity index (χ3n) is 5.18. The van der Waals surface area contributed by atoms with Crippen LogP contribution < -0.4 is 14.2 Å². The number of nitrogens with zero attached hydrogens (tertiary/aromatic N) is 2. The van der Waals surface area contributed by atoms with Crippen molar-refractivity contribution in [2.45, 2.75) is 20.8 Å². The summed E-state index contributed by atoms with van der Waals surface area (Å²) in [4.78, 5) is 21.9. The van der Waals surface area contributed by atoms with Gasteiger partial charge in [0.25, 0.3) is 5.91 Å². The van der Waals surface area contributed by atoms with Crippen molar-refractivity contribution >= 4 is 23.7 Å². The van der Waals surface area contributed by atoms with Crippen LogP contribution in [0.15, 0.2) is 58.8 Å². The Kier molecular flexibility index (Phi) is 6.17. The summed E-state index contributed by atoms with van der Waals surface area (Å²) in [6.07, 6.45) is 3.20. The van der Waals surface area contributed by atoms with Gasteiger partial charge in [0.15, 0.2) is 23.2 Å². The number of amides is 1. The largest absolute Gasteiger partial charge is 0.493 e. The number of aliphatic imine (C=N–C) groups is 1. The fraction of sp³-hybridized carbons (Fsp3) is 0.240. The number of hydroxylamine groups is 2. The molecule has 1 N–H and O–H groups in total. The van der Waals surface area contributed by atoms with Gasteiger partial charge in [-0.15, -0.1) is 5.06 Å².